The average Bonchev–Trinajstić information content (AvgIpc) is 2.01. The Morgan fingerprint density at radius 2 is 1.57 bits per heavy atom. The van der Waals surface area contributed by atoms with Crippen molar-refractivity contribution in [3.63, 3.8) is 0 Å². The lowest BCUT2D eigenvalue weighted by Crippen LogP contribution is -1.91. The number of hydrogen-bond acceptors (Lipinski definition) is 1. The van der Waals surface area contributed by atoms with Gasteiger partial charge in [0.25, 0.3) is 0 Å². The Hall–Kier alpha value is -1.37. The number of carbonyl (C=O) groups excluding carboxylic acids is 1. The molecule has 1 rings (SSSR count). The van der Waals surface area contributed by atoms with E-state index in [1.807, 2.05) is 13.0 Å². The van der Waals surface area contributed by atoms with Gasteiger partial charge in [0.05, 0.1) is 0 Å². The molecule has 0 N–H and O–H groups in total. The molecule has 0 aliphatic heterocycles. The Balaban J connectivity index is 3.08. The molecule has 74 valence electrons. The highest BCUT2D eigenvalue weighted by molar-refractivity contribution is 5.97. The molecule has 0 fully saturated rings. The predicted molar refractivity (Wildman–Crippen MR) is 60.2 cm³/mol. The summed E-state index contributed by atoms with van der Waals surface area (Å²) in [5.74, 6) is 0.129. The first-order valence-electron chi connectivity index (χ1n) is 4.76. The van der Waals surface area contributed by atoms with Gasteiger partial charge in [-0.05, 0) is 44.9 Å². The molecule has 0 saturated carbocycles. The zero-order chi connectivity index (χ0) is 10.7. The van der Waals surface area contributed by atoms with Crippen molar-refractivity contribution in [1.29, 1.82) is 0 Å². The molecule has 1 aromatic carbocycles. The molecule has 0 aliphatic carbocycles. The van der Waals surface area contributed by atoms with Crippen molar-refractivity contribution in [3.05, 3.63) is 40.5 Å². The van der Waals surface area contributed by atoms with Crippen molar-refractivity contribution in [2.45, 2.75) is 27.7 Å². The van der Waals surface area contributed by atoms with Crippen LogP contribution in [0.15, 0.2) is 23.8 Å². The van der Waals surface area contributed by atoms with Crippen molar-refractivity contribution in [2.75, 3.05) is 0 Å². The molecule has 1 nitrogen and oxygen atoms in total. The van der Waals surface area contributed by atoms with E-state index in [0.29, 0.717) is 0 Å². The van der Waals surface area contributed by atoms with Crippen molar-refractivity contribution in [2.24, 2.45) is 0 Å². The molecule has 0 spiro atoms. The third-order valence-corrected chi connectivity index (χ3v) is 2.18. The second-order valence-electron chi connectivity index (χ2n) is 3.80. The lowest BCUT2D eigenvalue weighted by atomic mass is 10.0. The van der Waals surface area contributed by atoms with Crippen LogP contribution in [-0.4, -0.2) is 5.78 Å². The SMILES string of the molecule is CC(=O)/C(C)=C/c1cc(C)cc(C)c1. The van der Waals surface area contributed by atoms with Crippen molar-refractivity contribution < 1.29 is 4.79 Å². The van der Waals surface area contributed by atoms with Gasteiger partial charge in [-0.15, -0.1) is 0 Å². The van der Waals surface area contributed by atoms with Gasteiger partial charge in [-0.1, -0.05) is 29.3 Å². The molecule has 0 atom stereocenters. The molecule has 14 heavy (non-hydrogen) atoms. The van der Waals surface area contributed by atoms with Gasteiger partial charge in [-0.3, -0.25) is 4.79 Å². The van der Waals surface area contributed by atoms with E-state index in [2.05, 4.69) is 32.0 Å². The van der Waals surface area contributed by atoms with Crippen molar-refractivity contribution in [1.82, 2.24) is 0 Å². The molecule has 0 amide bonds. The summed E-state index contributed by atoms with van der Waals surface area (Å²) in [7, 11) is 0. The third-order valence-electron chi connectivity index (χ3n) is 2.18. The topological polar surface area (TPSA) is 17.1 Å². The van der Waals surface area contributed by atoms with Crippen LogP contribution in [0.4, 0.5) is 0 Å². The molecule has 0 radical (unpaired) electrons. The van der Waals surface area contributed by atoms with E-state index >= 15 is 0 Å². The molecule has 1 heteroatoms. The van der Waals surface area contributed by atoms with Crippen LogP contribution in [-0.2, 0) is 4.79 Å². The average molecular weight is 188 g/mol. The van der Waals surface area contributed by atoms with Crippen LogP contribution in [0.5, 0.6) is 0 Å². The molecule has 1 aromatic rings. The standard InChI is InChI=1S/C13H16O/c1-9-5-10(2)7-13(6-9)8-11(3)12(4)14/h5-8H,1-4H3/b11-8+. The molecule has 0 heterocycles. The minimum atomic E-state index is 0.129. The monoisotopic (exact) mass is 188 g/mol. The van der Waals surface area contributed by atoms with Gasteiger partial charge in [0.15, 0.2) is 5.78 Å². The van der Waals surface area contributed by atoms with Gasteiger partial charge in [0.2, 0.25) is 0 Å². The summed E-state index contributed by atoms with van der Waals surface area (Å²) in [5.41, 5.74) is 4.37. The van der Waals surface area contributed by atoms with E-state index in [-0.39, 0.29) is 5.78 Å². The summed E-state index contributed by atoms with van der Waals surface area (Å²) >= 11 is 0. The fourth-order valence-corrected chi connectivity index (χ4v) is 1.44. The van der Waals surface area contributed by atoms with E-state index in [1.54, 1.807) is 6.92 Å². The van der Waals surface area contributed by atoms with Crippen molar-refractivity contribution in [3.8, 4) is 0 Å². The summed E-state index contributed by atoms with van der Waals surface area (Å²) in [6.45, 7) is 7.56. The number of carbonyl (C=O) groups is 1. The number of allylic oxidation sites excluding steroid dienone is 1. The number of hydrogen-bond donors (Lipinski definition) is 0. The Bertz CT molecular complexity index is 366. The highest BCUT2D eigenvalue weighted by Gasteiger charge is 1.97. The minimum absolute atomic E-state index is 0.129. The quantitative estimate of drug-likeness (QED) is 0.651. The molecular weight excluding hydrogens is 172 g/mol. The van der Waals surface area contributed by atoms with E-state index in [1.165, 1.54) is 11.1 Å². The van der Waals surface area contributed by atoms with Crippen molar-refractivity contribution >= 4 is 11.9 Å². The number of rotatable bonds is 2. The van der Waals surface area contributed by atoms with Crippen LogP contribution in [0.2, 0.25) is 0 Å². The zero-order valence-electron chi connectivity index (χ0n) is 9.22. The maximum Gasteiger partial charge on any atom is 0.155 e. The molecule has 0 bridgehead atoms. The first-order chi connectivity index (χ1) is 6.49. The lowest BCUT2D eigenvalue weighted by Gasteiger charge is -2.01. The predicted octanol–water partition coefficient (Wildman–Crippen LogP) is 3.30. The van der Waals surface area contributed by atoms with E-state index < -0.39 is 0 Å². The number of Topliss-reactive ketones (excluding diaryl/α,β-unsaturated/α-hetero) is 1. The maximum absolute atomic E-state index is 11.0. The Morgan fingerprint density at radius 1 is 1.07 bits per heavy atom. The summed E-state index contributed by atoms with van der Waals surface area (Å²) in [5, 5.41) is 0. The minimum Gasteiger partial charge on any atom is -0.295 e. The van der Waals surface area contributed by atoms with Crippen LogP contribution in [0.25, 0.3) is 6.08 Å². The van der Waals surface area contributed by atoms with Crippen LogP contribution < -0.4 is 0 Å². The molecule has 0 aliphatic rings. The number of benzene rings is 1. The second kappa shape index (κ2) is 4.23. The lowest BCUT2D eigenvalue weighted by molar-refractivity contribution is -0.113. The molecule has 0 aromatic heterocycles. The largest absolute Gasteiger partial charge is 0.295 e. The van der Waals surface area contributed by atoms with Gasteiger partial charge in [-0.2, -0.15) is 0 Å². The normalized spacial score (nSPS) is 11.6. The van der Waals surface area contributed by atoms with Gasteiger partial charge in [0.1, 0.15) is 0 Å². The Labute approximate surface area is 85.5 Å². The van der Waals surface area contributed by atoms with Gasteiger partial charge in [0, 0.05) is 0 Å². The first kappa shape index (κ1) is 10.7. The smallest absolute Gasteiger partial charge is 0.155 e. The highest BCUT2D eigenvalue weighted by Crippen LogP contribution is 2.12. The Kier molecular flexibility index (Phi) is 3.23. The summed E-state index contributed by atoms with van der Waals surface area (Å²) in [4.78, 5) is 11.0. The number of aryl methyl sites for hydroxylation is 2. The molecular formula is C13H16O. The van der Waals surface area contributed by atoms with Gasteiger partial charge in [-0.25, -0.2) is 0 Å². The fourth-order valence-electron chi connectivity index (χ4n) is 1.44. The van der Waals surface area contributed by atoms with Crippen LogP contribution >= 0.6 is 0 Å². The zero-order valence-corrected chi connectivity index (χ0v) is 9.22. The highest BCUT2D eigenvalue weighted by atomic mass is 16.1. The Morgan fingerprint density at radius 3 is 2.00 bits per heavy atom. The van der Waals surface area contributed by atoms with Gasteiger partial charge >= 0.3 is 0 Å². The van der Waals surface area contributed by atoms with Crippen LogP contribution in [0, 0.1) is 13.8 Å². The van der Waals surface area contributed by atoms with Crippen LogP contribution in [0.3, 0.4) is 0 Å². The first-order valence-corrected chi connectivity index (χ1v) is 4.76. The summed E-state index contributed by atoms with van der Waals surface area (Å²) in [6.07, 6.45) is 1.93. The summed E-state index contributed by atoms with van der Waals surface area (Å²) < 4.78 is 0. The van der Waals surface area contributed by atoms with Gasteiger partial charge < -0.3 is 0 Å². The third kappa shape index (κ3) is 2.84. The fraction of sp³-hybridized carbons (Fsp3) is 0.308. The second-order valence-corrected chi connectivity index (χ2v) is 3.80. The van der Waals surface area contributed by atoms with Crippen LogP contribution in [0.1, 0.15) is 30.5 Å². The number of ketones is 1. The van der Waals surface area contributed by atoms with E-state index in [9.17, 15) is 4.79 Å². The molecule has 0 saturated heterocycles. The molecule has 0 unspecified atom stereocenters. The maximum atomic E-state index is 11.0. The summed E-state index contributed by atoms with van der Waals surface area (Å²) in [6, 6.07) is 6.29. The van der Waals surface area contributed by atoms with E-state index in [4.69, 9.17) is 0 Å². The van der Waals surface area contributed by atoms with E-state index in [0.717, 1.165) is 11.1 Å².